The highest BCUT2D eigenvalue weighted by molar-refractivity contribution is 6.33. The van der Waals surface area contributed by atoms with Crippen LogP contribution < -0.4 is 10.2 Å². The van der Waals surface area contributed by atoms with Crippen molar-refractivity contribution in [3.63, 3.8) is 0 Å². The van der Waals surface area contributed by atoms with Crippen LogP contribution in [0.2, 0.25) is 10.0 Å². The monoisotopic (exact) mass is 518 g/mol. The minimum absolute atomic E-state index is 0.0189. The molecule has 7 heteroatoms. The molecule has 4 aromatic rings. The van der Waals surface area contributed by atoms with E-state index in [4.69, 9.17) is 23.2 Å². The van der Waals surface area contributed by atoms with Crippen LogP contribution >= 0.6 is 23.2 Å². The van der Waals surface area contributed by atoms with Crippen molar-refractivity contribution in [1.82, 2.24) is 0 Å². The third-order valence-corrected chi connectivity index (χ3v) is 7.14. The van der Waals surface area contributed by atoms with E-state index in [-0.39, 0.29) is 17.8 Å². The zero-order chi connectivity index (χ0) is 25.4. The normalized spacial score (nSPS) is 16.1. The second-order valence-electron chi connectivity index (χ2n) is 8.78. The van der Waals surface area contributed by atoms with Crippen LogP contribution in [0.4, 0.5) is 11.4 Å². The summed E-state index contributed by atoms with van der Waals surface area (Å²) in [6.45, 7) is 0. The van der Waals surface area contributed by atoms with Gasteiger partial charge in [-0.05, 0) is 41.3 Å². The van der Waals surface area contributed by atoms with Crippen LogP contribution in [0.25, 0.3) is 16.5 Å². The Bertz CT molecular complexity index is 1480. The third kappa shape index (κ3) is 4.42. The average Bonchev–Trinajstić information content (AvgIpc) is 2.87. The molecule has 0 bridgehead atoms. The van der Waals surface area contributed by atoms with Gasteiger partial charge in [-0.3, -0.25) is 4.79 Å². The van der Waals surface area contributed by atoms with Gasteiger partial charge in [0.1, 0.15) is 5.76 Å². The van der Waals surface area contributed by atoms with Gasteiger partial charge in [0.25, 0.3) is 0 Å². The molecule has 5 rings (SSSR count). The van der Waals surface area contributed by atoms with E-state index in [1.807, 2.05) is 54.6 Å². The van der Waals surface area contributed by atoms with Crippen LogP contribution in [0, 0.1) is 0 Å². The number of halogens is 2. The summed E-state index contributed by atoms with van der Waals surface area (Å²) in [5.74, 6) is -0.698. The molecule has 5 nitrogen and oxygen atoms in total. The molecule has 0 saturated heterocycles. The number of carbonyl (C=O) groups excluding carboxylic acids is 1. The van der Waals surface area contributed by atoms with Gasteiger partial charge in [-0.1, -0.05) is 77.8 Å². The fourth-order valence-corrected chi connectivity index (χ4v) is 5.07. The molecule has 3 N–H and O–H groups in total. The van der Waals surface area contributed by atoms with Crippen molar-refractivity contribution in [1.29, 1.82) is 0 Å². The molecule has 0 amide bonds. The zero-order valence-corrected chi connectivity index (χ0v) is 21.0. The molecule has 0 saturated carbocycles. The molecule has 2 atom stereocenters. The predicted octanol–water partition coefficient (Wildman–Crippen LogP) is 7.00. The lowest BCUT2D eigenvalue weighted by Crippen LogP contribution is -2.40. The van der Waals surface area contributed by atoms with E-state index in [2.05, 4.69) is 5.32 Å². The summed E-state index contributed by atoms with van der Waals surface area (Å²) in [7, 11) is 1.66. The van der Waals surface area contributed by atoms with Crippen molar-refractivity contribution in [2.45, 2.75) is 18.7 Å². The lowest BCUT2D eigenvalue weighted by molar-refractivity contribution is -0.116. The molecule has 0 fully saturated rings. The molecule has 0 aromatic heterocycles. The summed E-state index contributed by atoms with van der Waals surface area (Å²) in [5.41, 5.74) is 2.51. The second-order valence-corrected chi connectivity index (χ2v) is 9.63. The summed E-state index contributed by atoms with van der Waals surface area (Å²) in [6, 6.07) is 25.9. The molecule has 4 aromatic carbocycles. The first-order valence-corrected chi connectivity index (χ1v) is 12.3. The van der Waals surface area contributed by atoms with Gasteiger partial charge in [0.2, 0.25) is 0 Å². The molecule has 0 radical (unpaired) electrons. The Labute approximate surface area is 219 Å². The number of aliphatic hydroxyl groups excluding tert-OH is 2. The number of hydrogen-bond acceptors (Lipinski definition) is 5. The highest BCUT2D eigenvalue weighted by atomic mass is 35.5. The molecule has 0 spiro atoms. The third-order valence-electron chi connectivity index (χ3n) is 6.57. The van der Waals surface area contributed by atoms with Gasteiger partial charge in [-0.15, -0.1) is 0 Å². The lowest BCUT2D eigenvalue weighted by atomic mass is 9.91. The van der Waals surface area contributed by atoms with Gasteiger partial charge in [-0.2, -0.15) is 0 Å². The molecule has 1 aliphatic rings. The topological polar surface area (TPSA) is 72.8 Å². The van der Waals surface area contributed by atoms with E-state index >= 15 is 0 Å². The maximum atomic E-state index is 13.7. The maximum absolute atomic E-state index is 13.7. The molecule has 2 unspecified atom stereocenters. The molecular formula is C29H24Cl2N2O3. The van der Waals surface area contributed by atoms with Gasteiger partial charge in [0, 0.05) is 29.6 Å². The number of fused-ring (bicyclic) bond motifs is 2. The van der Waals surface area contributed by atoms with Crippen molar-refractivity contribution >= 4 is 56.9 Å². The highest BCUT2D eigenvalue weighted by Gasteiger charge is 2.36. The standard InChI is InChI=1S/C29H24Cl2N2O3/c1-33-24-11-5-9-21(31)26(24)28(35)27(29(33)36)25(34)16-23(18-12-14-19(30)15-13-18)32-22-10-4-7-17-6-2-3-8-20(17)22/h2-15,23,29,32,35-36H,16H2,1H3. The fourth-order valence-electron chi connectivity index (χ4n) is 4.68. The van der Waals surface area contributed by atoms with Crippen molar-refractivity contribution in [2.24, 2.45) is 0 Å². The second kappa shape index (κ2) is 9.86. The van der Waals surface area contributed by atoms with Crippen LogP contribution in [0.1, 0.15) is 23.6 Å². The van der Waals surface area contributed by atoms with Crippen LogP contribution in [0.15, 0.2) is 90.5 Å². The molecule has 0 aliphatic carbocycles. The van der Waals surface area contributed by atoms with Gasteiger partial charge in [0.05, 0.1) is 27.9 Å². The van der Waals surface area contributed by atoms with Crippen molar-refractivity contribution < 1.29 is 15.0 Å². The summed E-state index contributed by atoms with van der Waals surface area (Å²) in [5, 5.41) is 28.5. The Kier molecular flexibility index (Phi) is 6.63. The van der Waals surface area contributed by atoms with Crippen LogP contribution in [0.5, 0.6) is 0 Å². The number of benzene rings is 4. The first-order valence-electron chi connectivity index (χ1n) is 11.5. The van der Waals surface area contributed by atoms with E-state index in [0.29, 0.717) is 21.3 Å². The average molecular weight is 519 g/mol. The van der Waals surface area contributed by atoms with E-state index in [9.17, 15) is 15.0 Å². The zero-order valence-electron chi connectivity index (χ0n) is 19.5. The molecule has 1 aliphatic heterocycles. The molecular weight excluding hydrogens is 495 g/mol. The molecule has 182 valence electrons. The van der Waals surface area contributed by atoms with E-state index in [0.717, 1.165) is 22.0 Å². The smallest absolute Gasteiger partial charge is 0.169 e. The van der Waals surface area contributed by atoms with E-state index in [1.54, 1.807) is 37.4 Å². The number of hydrogen-bond donors (Lipinski definition) is 3. The number of likely N-dealkylation sites (N-methyl/N-ethyl adjacent to an activating group) is 1. The van der Waals surface area contributed by atoms with Crippen molar-refractivity contribution in [2.75, 3.05) is 17.3 Å². The van der Waals surface area contributed by atoms with E-state index < -0.39 is 18.1 Å². The molecule has 36 heavy (non-hydrogen) atoms. The SMILES string of the molecule is CN1c2cccc(Cl)c2C(O)=C(C(=O)CC(Nc2cccc3ccccc23)c2ccc(Cl)cc2)C1O. The number of nitrogens with one attached hydrogen (secondary N) is 1. The summed E-state index contributed by atoms with van der Waals surface area (Å²) >= 11 is 12.5. The van der Waals surface area contributed by atoms with Gasteiger partial charge in [0.15, 0.2) is 12.0 Å². The Hall–Kier alpha value is -3.51. The number of nitrogens with zero attached hydrogens (tertiary/aromatic N) is 1. The summed E-state index contributed by atoms with van der Waals surface area (Å²) in [6.07, 6.45) is -1.33. The molecule has 1 heterocycles. The van der Waals surface area contributed by atoms with Crippen LogP contribution in [0.3, 0.4) is 0 Å². The first kappa shape index (κ1) is 24.2. The number of rotatable bonds is 6. The summed E-state index contributed by atoms with van der Waals surface area (Å²) in [4.78, 5) is 15.2. The Balaban J connectivity index is 1.54. The number of carbonyl (C=O) groups is 1. The Morgan fingerprint density at radius 3 is 2.44 bits per heavy atom. The van der Waals surface area contributed by atoms with Gasteiger partial charge >= 0.3 is 0 Å². The highest BCUT2D eigenvalue weighted by Crippen LogP contribution is 2.41. The first-order chi connectivity index (χ1) is 17.3. The van der Waals surface area contributed by atoms with Crippen LogP contribution in [-0.4, -0.2) is 29.3 Å². The number of anilines is 2. The van der Waals surface area contributed by atoms with Gasteiger partial charge in [-0.25, -0.2) is 0 Å². The fraction of sp³-hybridized carbons (Fsp3) is 0.138. The van der Waals surface area contributed by atoms with Gasteiger partial charge < -0.3 is 20.4 Å². The van der Waals surface area contributed by atoms with Crippen molar-refractivity contribution in [3.8, 4) is 0 Å². The summed E-state index contributed by atoms with van der Waals surface area (Å²) < 4.78 is 0. The van der Waals surface area contributed by atoms with Crippen molar-refractivity contribution in [3.05, 3.63) is 112 Å². The minimum Gasteiger partial charge on any atom is -0.507 e. The largest absolute Gasteiger partial charge is 0.507 e. The lowest BCUT2D eigenvalue weighted by Gasteiger charge is -2.34. The number of Topliss-reactive ketones (excluding diaryl/α,β-unsaturated/α-hetero) is 1. The van der Waals surface area contributed by atoms with E-state index in [1.165, 1.54) is 4.90 Å². The Morgan fingerprint density at radius 2 is 1.67 bits per heavy atom. The quantitative estimate of drug-likeness (QED) is 0.256. The maximum Gasteiger partial charge on any atom is 0.169 e. The predicted molar refractivity (Wildman–Crippen MR) is 147 cm³/mol. The van der Waals surface area contributed by atoms with Crippen LogP contribution in [-0.2, 0) is 4.79 Å². The Morgan fingerprint density at radius 1 is 0.972 bits per heavy atom. The minimum atomic E-state index is -1.31. The number of aliphatic hydroxyl groups is 2. The number of ketones is 1.